The molecule has 1 aliphatic carbocycles. The Hall–Kier alpha value is -2.17. The molecule has 0 radical (unpaired) electrons. The van der Waals surface area contributed by atoms with Crippen molar-refractivity contribution in [3.63, 3.8) is 0 Å². The van der Waals surface area contributed by atoms with E-state index < -0.39 is 0 Å². The molecule has 17 heavy (non-hydrogen) atoms. The van der Waals surface area contributed by atoms with Gasteiger partial charge in [-0.3, -0.25) is 10.1 Å². The van der Waals surface area contributed by atoms with Gasteiger partial charge in [0.25, 0.3) is 0 Å². The quantitative estimate of drug-likeness (QED) is 0.749. The van der Waals surface area contributed by atoms with Gasteiger partial charge in [-0.25, -0.2) is 4.79 Å². The number of esters is 1. The van der Waals surface area contributed by atoms with Crippen molar-refractivity contribution >= 4 is 5.97 Å². The van der Waals surface area contributed by atoms with E-state index in [-0.39, 0.29) is 5.97 Å². The minimum absolute atomic E-state index is 0.365. The van der Waals surface area contributed by atoms with Crippen molar-refractivity contribution in [2.75, 3.05) is 7.11 Å². The molecular weight excluding hydrogens is 218 g/mol. The molecule has 2 aromatic rings. The molecule has 0 aliphatic heterocycles. The number of rotatable bonds is 1. The summed E-state index contributed by atoms with van der Waals surface area (Å²) in [5.41, 5.74) is 4.46. The van der Waals surface area contributed by atoms with Gasteiger partial charge in [0, 0.05) is 23.5 Å². The summed E-state index contributed by atoms with van der Waals surface area (Å²) in [5, 5.41) is 6.98. The number of pyridine rings is 1. The first-order valence-electron chi connectivity index (χ1n) is 5.40. The average molecular weight is 229 g/mol. The van der Waals surface area contributed by atoms with Crippen molar-refractivity contribution in [1.29, 1.82) is 0 Å². The summed E-state index contributed by atoms with van der Waals surface area (Å²) in [6.45, 7) is 0. The third-order valence-corrected chi connectivity index (χ3v) is 3.06. The standard InChI is InChI=1S/C12H11N3O2/c1-17-12(16)11-9-3-2-7-6-13-5-4-8(7)10(9)14-15-11/h4-6H,2-3H2,1H3,(H,14,15). The van der Waals surface area contributed by atoms with E-state index in [0.29, 0.717) is 5.69 Å². The van der Waals surface area contributed by atoms with Crippen LogP contribution in [0, 0.1) is 0 Å². The first-order chi connectivity index (χ1) is 8.31. The van der Waals surface area contributed by atoms with Crippen LogP contribution in [-0.2, 0) is 17.6 Å². The predicted octanol–water partition coefficient (Wildman–Crippen LogP) is 1.36. The van der Waals surface area contributed by atoms with E-state index in [1.807, 2.05) is 12.3 Å². The highest BCUT2D eigenvalue weighted by Crippen LogP contribution is 2.32. The Kier molecular flexibility index (Phi) is 2.18. The lowest BCUT2D eigenvalue weighted by atomic mass is 9.90. The zero-order valence-electron chi connectivity index (χ0n) is 9.36. The van der Waals surface area contributed by atoms with Crippen LogP contribution in [0.25, 0.3) is 11.3 Å². The summed E-state index contributed by atoms with van der Waals surface area (Å²) in [7, 11) is 1.37. The lowest BCUT2D eigenvalue weighted by molar-refractivity contribution is 0.0592. The maximum atomic E-state index is 11.6. The number of nitrogens with zero attached hydrogens (tertiary/aromatic N) is 2. The monoisotopic (exact) mass is 229 g/mol. The molecule has 0 saturated carbocycles. The summed E-state index contributed by atoms with van der Waals surface area (Å²) in [4.78, 5) is 15.7. The number of hydrogen-bond acceptors (Lipinski definition) is 4. The third kappa shape index (κ3) is 1.43. The molecule has 0 bridgehead atoms. The average Bonchev–Trinajstić information content (AvgIpc) is 2.82. The lowest BCUT2D eigenvalue weighted by Gasteiger charge is -2.14. The van der Waals surface area contributed by atoms with Gasteiger partial charge in [0.1, 0.15) is 5.69 Å². The topological polar surface area (TPSA) is 67.9 Å². The van der Waals surface area contributed by atoms with E-state index in [4.69, 9.17) is 4.74 Å². The van der Waals surface area contributed by atoms with Gasteiger partial charge in [-0.1, -0.05) is 0 Å². The largest absolute Gasteiger partial charge is 0.464 e. The molecule has 0 amide bonds. The summed E-state index contributed by atoms with van der Waals surface area (Å²) in [5.74, 6) is -0.365. The smallest absolute Gasteiger partial charge is 0.356 e. The molecule has 3 rings (SSSR count). The normalized spacial score (nSPS) is 12.8. The van der Waals surface area contributed by atoms with Gasteiger partial charge < -0.3 is 4.74 Å². The number of aromatic nitrogens is 3. The Labute approximate surface area is 97.8 Å². The number of carbonyl (C=O) groups excluding carboxylic acids is 1. The molecular formula is C12H11N3O2. The van der Waals surface area contributed by atoms with Crippen molar-refractivity contribution in [3.05, 3.63) is 35.3 Å². The molecule has 0 aromatic carbocycles. The van der Waals surface area contributed by atoms with Gasteiger partial charge in [-0.2, -0.15) is 5.10 Å². The number of hydrogen-bond donors (Lipinski definition) is 1. The molecule has 0 atom stereocenters. The molecule has 1 N–H and O–H groups in total. The zero-order chi connectivity index (χ0) is 11.8. The Morgan fingerprint density at radius 2 is 2.35 bits per heavy atom. The van der Waals surface area contributed by atoms with E-state index >= 15 is 0 Å². The van der Waals surface area contributed by atoms with E-state index in [1.165, 1.54) is 12.7 Å². The van der Waals surface area contributed by atoms with Gasteiger partial charge in [-0.05, 0) is 24.5 Å². The first-order valence-corrected chi connectivity index (χ1v) is 5.40. The Balaban J connectivity index is 2.16. The number of ether oxygens (including phenoxy) is 1. The van der Waals surface area contributed by atoms with Gasteiger partial charge in [0.05, 0.1) is 12.8 Å². The highest BCUT2D eigenvalue weighted by molar-refractivity contribution is 5.91. The van der Waals surface area contributed by atoms with Crippen LogP contribution in [0.3, 0.4) is 0 Å². The van der Waals surface area contributed by atoms with E-state index in [0.717, 1.165) is 29.7 Å². The van der Waals surface area contributed by atoms with Crippen molar-refractivity contribution in [2.45, 2.75) is 12.8 Å². The third-order valence-electron chi connectivity index (χ3n) is 3.06. The number of methoxy groups -OCH3 is 1. The van der Waals surface area contributed by atoms with Crippen molar-refractivity contribution < 1.29 is 9.53 Å². The fraction of sp³-hybridized carbons (Fsp3) is 0.250. The molecule has 86 valence electrons. The van der Waals surface area contributed by atoms with Crippen LogP contribution in [0.4, 0.5) is 0 Å². The molecule has 5 heteroatoms. The Morgan fingerprint density at radius 1 is 1.47 bits per heavy atom. The number of aromatic amines is 1. The van der Waals surface area contributed by atoms with Crippen LogP contribution < -0.4 is 0 Å². The number of nitrogens with one attached hydrogen (secondary N) is 1. The van der Waals surface area contributed by atoms with Crippen molar-refractivity contribution in [2.24, 2.45) is 0 Å². The second kappa shape index (κ2) is 3.69. The minimum atomic E-state index is -0.365. The van der Waals surface area contributed by atoms with Crippen LogP contribution in [0.15, 0.2) is 18.5 Å². The van der Waals surface area contributed by atoms with Crippen LogP contribution in [0.1, 0.15) is 21.6 Å². The van der Waals surface area contributed by atoms with Gasteiger partial charge in [0.2, 0.25) is 0 Å². The first kappa shape index (κ1) is 10.0. The van der Waals surface area contributed by atoms with Gasteiger partial charge >= 0.3 is 5.97 Å². The molecule has 5 nitrogen and oxygen atoms in total. The number of H-pyrrole nitrogens is 1. The van der Waals surface area contributed by atoms with Gasteiger partial charge in [-0.15, -0.1) is 0 Å². The number of aryl methyl sites for hydroxylation is 1. The fourth-order valence-corrected chi connectivity index (χ4v) is 2.22. The Bertz CT molecular complexity index is 589. The molecule has 0 spiro atoms. The molecule has 0 saturated heterocycles. The highest BCUT2D eigenvalue weighted by atomic mass is 16.5. The van der Waals surface area contributed by atoms with Crippen molar-refractivity contribution in [3.8, 4) is 11.3 Å². The summed E-state index contributed by atoms with van der Waals surface area (Å²) in [6.07, 6.45) is 5.25. The van der Waals surface area contributed by atoms with Crippen LogP contribution in [-0.4, -0.2) is 28.3 Å². The summed E-state index contributed by atoms with van der Waals surface area (Å²) in [6, 6.07) is 1.93. The van der Waals surface area contributed by atoms with Crippen LogP contribution >= 0.6 is 0 Å². The van der Waals surface area contributed by atoms with Gasteiger partial charge in [0.15, 0.2) is 0 Å². The van der Waals surface area contributed by atoms with Crippen LogP contribution in [0.5, 0.6) is 0 Å². The summed E-state index contributed by atoms with van der Waals surface area (Å²) < 4.78 is 4.73. The number of fused-ring (bicyclic) bond motifs is 3. The molecule has 0 fully saturated rings. The van der Waals surface area contributed by atoms with E-state index in [1.54, 1.807) is 6.20 Å². The molecule has 2 aromatic heterocycles. The second-order valence-corrected chi connectivity index (χ2v) is 3.95. The van der Waals surface area contributed by atoms with Crippen LogP contribution in [0.2, 0.25) is 0 Å². The molecule has 1 aliphatic rings. The maximum absolute atomic E-state index is 11.6. The SMILES string of the molecule is COC(=O)c1[nH]nc2c1CCc1cnccc1-2. The minimum Gasteiger partial charge on any atom is -0.464 e. The van der Waals surface area contributed by atoms with Crippen molar-refractivity contribution in [1.82, 2.24) is 15.2 Å². The predicted molar refractivity (Wildman–Crippen MR) is 60.6 cm³/mol. The summed E-state index contributed by atoms with van der Waals surface area (Å²) >= 11 is 0. The fourth-order valence-electron chi connectivity index (χ4n) is 2.22. The van der Waals surface area contributed by atoms with E-state index in [9.17, 15) is 4.79 Å². The number of carbonyl (C=O) groups is 1. The maximum Gasteiger partial charge on any atom is 0.356 e. The lowest BCUT2D eigenvalue weighted by Crippen LogP contribution is -2.09. The Morgan fingerprint density at radius 3 is 3.18 bits per heavy atom. The highest BCUT2D eigenvalue weighted by Gasteiger charge is 2.25. The van der Waals surface area contributed by atoms with E-state index in [2.05, 4.69) is 15.2 Å². The zero-order valence-corrected chi connectivity index (χ0v) is 9.36. The molecule has 2 heterocycles. The second-order valence-electron chi connectivity index (χ2n) is 3.95. The molecule has 0 unspecified atom stereocenters.